The highest BCUT2D eigenvalue weighted by Crippen LogP contribution is 2.40. The Kier molecular flexibility index (Phi) is 6.99. The van der Waals surface area contributed by atoms with Crippen molar-refractivity contribution in [2.45, 2.75) is 38.8 Å². The van der Waals surface area contributed by atoms with Crippen LogP contribution in [0.25, 0.3) is 10.8 Å². The lowest BCUT2D eigenvalue weighted by Gasteiger charge is -2.39. The molecule has 1 heterocycles. The van der Waals surface area contributed by atoms with Gasteiger partial charge in [0.2, 0.25) is 0 Å². The molecule has 0 spiro atoms. The van der Waals surface area contributed by atoms with Crippen molar-refractivity contribution in [2.24, 2.45) is 0 Å². The van der Waals surface area contributed by atoms with Gasteiger partial charge in [0.1, 0.15) is 11.9 Å². The second kappa shape index (κ2) is 10.6. The fourth-order valence-electron chi connectivity index (χ4n) is 4.86. The molecular weight excluding hydrogens is 432 g/mol. The number of fused-ring (bicyclic) bond motifs is 2. The lowest BCUT2D eigenvalue weighted by Crippen LogP contribution is -2.44. The van der Waals surface area contributed by atoms with Gasteiger partial charge in [0, 0.05) is 17.8 Å². The Bertz CT molecular complexity index is 1300. The maximum atomic E-state index is 13.8. The van der Waals surface area contributed by atoms with Gasteiger partial charge in [-0.2, -0.15) is 0 Å². The molecule has 4 aromatic carbocycles. The topological polar surface area (TPSA) is 41.6 Å². The number of carbonyl (C=O) groups is 1. The molecule has 5 rings (SSSR count). The van der Waals surface area contributed by atoms with Crippen LogP contribution < -0.4 is 10.1 Å². The number of amides is 1. The Morgan fingerprint density at radius 2 is 1.63 bits per heavy atom. The third kappa shape index (κ3) is 4.88. The molecule has 4 aromatic rings. The number of hydrogen-bond donors (Lipinski definition) is 1. The van der Waals surface area contributed by atoms with E-state index in [4.69, 9.17) is 4.74 Å². The number of hydrogen-bond acceptors (Lipinski definition) is 3. The number of nitrogens with one attached hydrogen (secondary N) is 1. The van der Waals surface area contributed by atoms with E-state index in [1.165, 1.54) is 5.56 Å². The summed E-state index contributed by atoms with van der Waals surface area (Å²) in [6.45, 7) is 3.47. The first-order chi connectivity index (χ1) is 17.3. The highest BCUT2D eigenvalue weighted by atomic mass is 16.5. The van der Waals surface area contributed by atoms with Gasteiger partial charge in [-0.3, -0.25) is 4.79 Å². The smallest absolute Gasteiger partial charge is 0.257 e. The first kappa shape index (κ1) is 23.0. The van der Waals surface area contributed by atoms with E-state index in [9.17, 15) is 4.79 Å². The standard InChI is InChI=1S/C31H32N2O2/c1-2-3-11-22-35-28-19-18-24-14-7-8-15-25(24)29(28)30-32-27-17-10-9-16-26(27)31(34)33(30)21-20-23-12-5-4-6-13-23/h4-10,12-19,30,32H,2-3,11,20-22H2,1H3. The maximum absolute atomic E-state index is 13.8. The average molecular weight is 465 g/mol. The van der Waals surface area contributed by atoms with Crippen molar-refractivity contribution in [3.05, 3.63) is 108 Å². The van der Waals surface area contributed by atoms with Crippen LogP contribution in [-0.2, 0) is 6.42 Å². The Hall–Kier alpha value is -3.79. The maximum Gasteiger partial charge on any atom is 0.257 e. The molecule has 0 radical (unpaired) electrons. The summed E-state index contributed by atoms with van der Waals surface area (Å²) in [7, 11) is 0. The molecule has 1 atom stereocenters. The third-order valence-corrected chi connectivity index (χ3v) is 6.72. The van der Waals surface area contributed by atoms with Gasteiger partial charge in [-0.15, -0.1) is 0 Å². The van der Waals surface area contributed by atoms with Crippen LogP contribution in [0.15, 0.2) is 91.0 Å². The van der Waals surface area contributed by atoms with Crippen molar-refractivity contribution in [3.8, 4) is 5.75 Å². The number of anilines is 1. The minimum absolute atomic E-state index is 0.0464. The highest BCUT2D eigenvalue weighted by Gasteiger charge is 2.35. The highest BCUT2D eigenvalue weighted by molar-refractivity contribution is 6.02. The van der Waals surface area contributed by atoms with Crippen molar-refractivity contribution < 1.29 is 9.53 Å². The van der Waals surface area contributed by atoms with Crippen LogP contribution >= 0.6 is 0 Å². The van der Waals surface area contributed by atoms with Crippen molar-refractivity contribution >= 4 is 22.4 Å². The molecule has 1 aliphatic rings. The SMILES string of the molecule is CCCCCOc1ccc2ccccc2c1C1Nc2ccccc2C(=O)N1CCc1ccccc1. The van der Waals surface area contributed by atoms with Gasteiger partial charge in [0.05, 0.1) is 12.2 Å². The summed E-state index contributed by atoms with van der Waals surface area (Å²) in [5, 5.41) is 5.93. The molecule has 1 unspecified atom stereocenters. The van der Waals surface area contributed by atoms with Crippen LogP contribution in [-0.4, -0.2) is 24.0 Å². The van der Waals surface area contributed by atoms with E-state index in [0.29, 0.717) is 18.7 Å². The van der Waals surface area contributed by atoms with Gasteiger partial charge < -0.3 is 15.0 Å². The van der Waals surface area contributed by atoms with Gasteiger partial charge in [0.25, 0.3) is 5.91 Å². The predicted octanol–water partition coefficient (Wildman–Crippen LogP) is 7.22. The lowest BCUT2D eigenvalue weighted by atomic mass is 9.97. The normalized spacial score (nSPS) is 15.1. The summed E-state index contributed by atoms with van der Waals surface area (Å²) in [6.07, 6.45) is 3.76. The van der Waals surface area contributed by atoms with Gasteiger partial charge in [0.15, 0.2) is 0 Å². The first-order valence-electron chi connectivity index (χ1n) is 12.6. The number of unbranched alkanes of at least 4 members (excludes halogenated alkanes) is 2. The molecule has 1 N–H and O–H groups in total. The number of nitrogens with zero attached hydrogens (tertiary/aromatic N) is 1. The molecule has 1 amide bonds. The Balaban J connectivity index is 1.57. The minimum Gasteiger partial charge on any atom is -0.493 e. The van der Waals surface area contributed by atoms with Crippen molar-refractivity contribution in [1.29, 1.82) is 0 Å². The van der Waals surface area contributed by atoms with Gasteiger partial charge in [-0.25, -0.2) is 0 Å². The largest absolute Gasteiger partial charge is 0.493 e. The molecule has 0 saturated carbocycles. The molecule has 0 aromatic heterocycles. The van der Waals surface area contributed by atoms with Crippen molar-refractivity contribution in [2.75, 3.05) is 18.5 Å². The van der Waals surface area contributed by atoms with Crippen molar-refractivity contribution in [1.82, 2.24) is 4.90 Å². The van der Waals surface area contributed by atoms with Crippen LogP contribution in [0.3, 0.4) is 0 Å². The molecule has 0 fully saturated rings. The number of ether oxygens (including phenoxy) is 1. The van der Waals surface area contributed by atoms with E-state index in [2.05, 4.69) is 60.8 Å². The minimum atomic E-state index is -0.326. The van der Waals surface area contributed by atoms with Crippen LogP contribution in [0.5, 0.6) is 5.75 Å². The molecule has 0 aliphatic carbocycles. The fourth-order valence-corrected chi connectivity index (χ4v) is 4.86. The summed E-state index contributed by atoms with van der Waals surface area (Å²) < 4.78 is 6.36. The molecular formula is C31H32N2O2. The van der Waals surface area contributed by atoms with Crippen LogP contribution in [0, 0.1) is 0 Å². The number of carbonyl (C=O) groups excluding carboxylic acids is 1. The lowest BCUT2D eigenvalue weighted by molar-refractivity contribution is 0.0684. The number of benzene rings is 4. The van der Waals surface area contributed by atoms with E-state index in [1.54, 1.807) is 0 Å². The summed E-state index contributed by atoms with van der Waals surface area (Å²) in [4.78, 5) is 15.8. The summed E-state index contributed by atoms with van der Waals surface area (Å²) in [6, 6.07) is 30.7. The third-order valence-electron chi connectivity index (χ3n) is 6.72. The second-order valence-electron chi connectivity index (χ2n) is 9.08. The van der Waals surface area contributed by atoms with Crippen molar-refractivity contribution in [3.63, 3.8) is 0 Å². The molecule has 4 nitrogen and oxygen atoms in total. The van der Waals surface area contributed by atoms with E-state index < -0.39 is 0 Å². The molecule has 0 saturated heterocycles. The monoisotopic (exact) mass is 464 g/mol. The van der Waals surface area contributed by atoms with Crippen LogP contribution in [0.2, 0.25) is 0 Å². The number of para-hydroxylation sites is 1. The van der Waals surface area contributed by atoms with Gasteiger partial charge in [-0.05, 0) is 47.4 Å². The zero-order chi connectivity index (χ0) is 24.0. The summed E-state index contributed by atoms with van der Waals surface area (Å²) in [5.41, 5.74) is 3.81. The second-order valence-corrected chi connectivity index (χ2v) is 9.08. The summed E-state index contributed by atoms with van der Waals surface area (Å²) >= 11 is 0. The molecule has 4 heteroatoms. The molecule has 0 bridgehead atoms. The Labute approximate surface area is 207 Å². The fraction of sp³-hybridized carbons (Fsp3) is 0.258. The molecule has 35 heavy (non-hydrogen) atoms. The number of rotatable bonds is 9. The zero-order valence-electron chi connectivity index (χ0n) is 20.2. The molecule has 178 valence electrons. The van der Waals surface area contributed by atoms with E-state index in [0.717, 1.165) is 53.5 Å². The van der Waals surface area contributed by atoms with Crippen LogP contribution in [0.4, 0.5) is 5.69 Å². The van der Waals surface area contributed by atoms with Gasteiger partial charge in [-0.1, -0.05) is 92.6 Å². The predicted molar refractivity (Wildman–Crippen MR) is 143 cm³/mol. The Morgan fingerprint density at radius 1 is 0.857 bits per heavy atom. The summed E-state index contributed by atoms with van der Waals surface area (Å²) in [5.74, 6) is 0.888. The van der Waals surface area contributed by atoms with Gasteiger partial charge >= 0.3 is 0 Å². The zero-order valence-corrected chi connectivity index (χ0v) is 20.2. The first-order valence-corrected chi connectivity index (χ1v) is 12.6. The Morgan fingerprint density at radius 3 is 2.49 bits per heavy atom. The van der Waals surface area contributed by atoms with E-state index in [1.807, 2.05) is 47.4 Å². The van der Waals surface area contributed by atoms with Crippen LogP contribution in [0.1, 0.15) is 53.8 Å². The average Bonchev–Trinajstić information content (AvgIpc) is 2.91. The van der Waals surface area contributed by atoms with E-state index in [-0.39, 0.29) is 12.1 Å². The quantitative estimate of drug-likeness (QED) is 0.266. The van der Waals surface area contributed by atoms with E-state index >= 15 is 0 Å². The molecule has 1 aliphatic heterocycles.